The van der Waals surface area contributed by atoms with Gasteiger partial charge in [-0.25, -0.2) is 16.8 Å². The van der Waals surface area contributed by atoms with Gasteiger partial charge in [0.05, 0.1) is 50.1 Å². The van der Waals surface area contributed by atoms with Crippen LogP contribution < -0.4 is 21.3 Å². The first kappa shape index (κ1) is 31.8. The highest BCUT2D eigenvalue weighted by atomic mass is 32.2. The van der Waals surface area contributed by atoms with Crippen LogP contribution in [0.4, 0.5) is 11.4 Å². The van der Waals surface area contributed by atoms with Crippen LogP contribution in [0.25, 0.3) is 11.1 Å². The van der Waals surface area contributed by atoms with Crippen molar-refractivity contribution in [3.05, 3.63) is 36.4 Å². The van der Waals surface area contributed by atoms with E-state index in [4.69, 9.17) is 11.5 Å². The van der Waals surface area contributed by atoms with Gasteiger partial charge in [-0.05, 0) is 52.0 Å². The van der Waals surface area contributed by atoms with Gasteiger partial charge in [-0.2, -0.15) is 0 Å². The average Bonchev–Trinajstić information content (AvgIpc) is 2.77. The van der Waals surface area contributed by atoms with E-state index in [1.165, 1.54) is 38.3 Å². The van der Waals surface area contributed by atoms with Crippen LogP contribution in [-0.2, 0) is 20.2 Å². The molecule has 0 spiro atoms. The zero-order valence-corrected chi connectivity index (χ0v) is 22.3. The fourth-order valence-corrected chi connectivity index (χ4v) is 3.89. The largest absolute Gasteiger partial charge is 0.744 e. The summed E-state index contributed by atoms with van der Waals surface area (Å²) in [5.74, 6) is 0. The molecule has 0 saturated heterocycles. The molecule has 0 fully saturated rings. The Balaban J connectivity index is 0.000000750. The Morgan fingerprint density at radius 1 is 0.647 bits per heavy atom. The third kappa shape index (κ3) is 10.8. The predicted molar refractivity (Wildman–Crippen MR) is 133 cm³/mol. The number of rotatable bonds is 7. The second kappa shape index (κ2) is 14.2. The van der Waals surface area contributed by atoms with Crippen molar-refractivity contribution in [1.29, 1.82) is 0 Å². The van der Waals surface area contributed by atoms with Gasteiger partial charge in [0.25, 0.3) is 0 Å². The van der Waals surface area contributed by atoms with E-state index in [-0.39, 0.29) is 22.5 Å². The molecule has 12 heteroatoms. The van der Waals surface area contributed by atoms with Crippen molar-refractivity contribution in [1.82, 2.24) is 0 Å². The molecule has 0 atom stereocenters. The molecule has 6 N–H and O–H groups in total. The van der Waals surface area contributed by atoms with Crippen LogP contribution in [0.2, 0.25) is 0 Å². The minimum atomic E-state index is -4.93. The van der Waals surface area contributed by atoms with Crippen LogP contribution >= 0.6 is 0 Å². The maximum atomic E-state index is 11.3. The van der Waals surface area contributed by atoms with Crippen molar-refractivity contribution in [2.24, 2.45) is 0 Å². The highest BCUT2D eigenvalue weighted by Gasteiger charge is 2.17. The minimum absolute atomic E-state index is 0.000139. The van der Waals surface area contributed by atoms with E-state index in [1.807, 2.05) is 0 Å². The van der Waals surface area contributed by atoms with Gasteiger partial charge in [-0.3, -0.25) is 0 Å². The Labute approximate surface area is 204 Å². The lowest BCUT2D eigenvalue weighted by atomic mass is 10.0. The summed E-state index contributed by atoms with van der Waals surface area (Å²) in [7, 11) is -5.48. The average molecular weight is 519 g/mol. The molecule has 2 aromatic carbocycles. The van der Waals surface area contributed by atoms with E-state index < -0.39 is 30.0 Å². The maximum absolute atomic E-state index is 11.3. The monoisotopic (exact) mass is 518 g/mol. The highest BCUT2D eigenvalue weighted by Crippen LogP contribution is 2.34. The molecular weight excluding hydrogens is 480 g/mol. The summed E-state index contributed by atoms with van der Waals surface area (Å²) in [5.41, 5.74) is 10.4. The number of hydrogen-bond donors (Lipinski definition) is 4. The molecule has 2 rings (SSSR count). The summed E-state index contributed by atoms with van der Waals surface area (Å²) in [5, 5.41) is 0. The Kier molecular flexibility index (Phi) is 13.3. The Bertz CT molecular complexity index is 1020. The number of anilines is 2. The number of benzene rings is 2. The first-order valence-electron chi connectivity index (χ1n) is 11.0. The molecule has 194 valence electrons. The van der Waals surface area contributed by atoms with Crippen LogP contribution in [0.5, 0.6) is 0 Å². The zero-order chi connectivity index (χ0) is 26.7. The molecule has 34 heavy (non-hydrogen) atoms. The normalized spacial score (nSPS) is 11.5. The summed E-state index contributed by atoms with van der Waals surface area (Å²) in [4.78, 5) is 1.74. The van der Waals surface area contributed by atoms with Gasteiger partial charge in [0.15, 0.2) is 0 Å². The van der Waals surface area contributed by atoms with Gasteiger partial charge in [0.2, 0.25) is 0 Å². The number of hydrogen-bond acceptors (Lipinski definition) is 8. The number of nitrogens with one attached hydrogen (secondary N) is 2. The third-order valence-electron chi connectivity index (χ3n) is 5.25. The molecule has 0 aliphatic heterocycles. The first-order chi connectivity index (χ1) is 15.6. The van der Waals surface area contributed by atoms with Gasteiger partial charge in [0, 0.05) is 22.5 Å². The third-order valence-corrected chi connectivity index (χ3v) is 7.01. The van der Waals surface area contributed by atoms with Crippen LogP contribution in [0, 0.1) is 0 Å². The standard InChI is InChI=1S/C12H12N2O6S2.2C5H13N/c13-7-1-3-9(11(5-7)21(15,16)17)10-4-2-8(14)6-12(10)22(18,19)20;2*1-4-6(3)5-2/h1-6H,13-14H2,(H,15,16,17)(H,18,19,20);2*4-5H2,1-3H3. The topological polar surface area (TPSA) is 175 Å². The lowest BCUT2D eigenvalue weighted by Crippen LogP contribution is -3.08. The van der Waals surface area contributed by atoms with E-state index in [9.17, 15) is 25.9 Å². The van der Waals surface area contributed by atoms with Gasteiger partial charge in [-0.15, -0.1) is 0 Å². The van der Waals surface area contributed by atoms with Gasteiger partial charge in [-0.1, -0.05) is 12.1 Å². The maximum Gasteiger partial charge on any atom is 0.125 e. The summed E-state index contributed by atoms with van der Waals surface area (Å²) in [6.07, 6.45) is 0. The van der Waals surface area contributed by atoms with Crippen LogP contribution in [0.3, 0.4) is 0 Å². The summed E-state index contributed by atoms with van der Waals surface area (Å²) >= 11 is 0. The minimum Gasteiger partial charge on any atom is -0.744 e. The fourth-order valence-electron chi connectivity index (χ4n) is 2.44. The van der Waals surface area contributed by atoms with E-state index in [0.717, 1.165) is 24.3 Å². The number of quaternary nitrogens is 2. The highest BCUT2D eigenvalue weighted by molar-refractivity contribution is 7.86. The molecule has 2 aromatic rings. The fraction of sp³-hybridized carbons (Fsp3) is 0.455. The van der Waals surface area contributed by atoms with Gasteiger partial charge < -0.3 is 30.4 Å². The Hall–Kier alpha value is -2.22. The molecule has 0 aromatic heterocycles. The van der Waals surface area contributed by atoms with Gasteiger partial charge >= 0.3 is 0 Å². The van der Waals surface area contributed by atoms with Crippen molar-refractivity contribution in [3.8, 4) is 11.1 Å². The summed E-state index contributed by atoms with van der Waals surface area (Å²) in [6, 6.07) is 6.66. The quantitative estimate of drug-likeness (QED) is 0.278. The van der Waals surface area contributed by atoms with Crippen molar-refractivity contribution >= 4 is 31.6 Å². The predicted octanol–water partition coefficient (Wildman–Crippen LogP) is -0.592. The molecule has 0 bridgehead atoms. The molecular formula is C22H38N4O6S2. The van der Waals surface area contributed by atoms with Crippen molar-refractivity contribution in [2.75, 3.05) is 51.7 Å². The summed E-state index contributed by atoms with van der Waals surface area (Å²) in [6.45, 7) is 13.8. The van der Waals surface area contributed by atoms with E-state index >= 15 is 0 Å². The molecule has 10 nitrogen and oxygen atoms in total. The van der Waals surface area contributed by atoms with E-state index in [1.54, 1.807) is 9.80 Å². The lowest BCUT2D eigenvalue weighted by Gasteiger charge is -2.18. The number of nitrogen functional groups attached to an aromatic ring is 2. The van der Waals surface area contributed by atoms with Crippen LogP contribution in [0.15, 0.2) is 46.2 Å². The van der Waals surface area contributed by atoms with Crippen molar-refractivity contribution in [2.45, 2.75) is 37.5 Å². The molecule has 0 aliphatic rings. The van der Waals surface area contributed by atoms with Crippen molar-refractivity contribution in [3.63, 3.8) is 0 Å². The zero-order valence-electron chi connectivity index (χ0n) is 20.7. The molecule has 0 aliphatic carbocycles. The Morgan fingerprint density at radius 3 is 1.09 bits per heavy atom. The first-order valence-corrected chi connectivity index (χ1v) is 13.8. The smallest absolute Gasteiger partial charge is 0.125 e. The van der Waals surface area contributed by atoms with Crippen LogP contribution in [0.1, 0.15) is 27.7 Å². The molecule has 0 unspecified atom stereocenters. The van der Waals surface area contributed by atoms with Crippen LogP contribution in [-0.4, -0.2) is 66.2 Å². The van der Waals surface area contributed by atoms with E-state index in [0.29, 0.717) is 0 Å². The van der Waals surface area contributed by atoms with Gasteiger partial charge in [0.1, 0.15) is 20.2 Å². The molecule has 0 heterocycles. The number of nitrogens with two attached hydrogens (primary N) is 2. The lowest BCUT2D eigenvalue weighted by molar-refractivity contribution is -0.875. The molecule has 0 amide bonds. The summed E-state index contributed by atoms with van der Waals surface area (Å²) < 4.78 is 68.1. The van der Waals surface area contributed by atoms with E-state index in [2.05, 4.69) is 41.8 Å². The van der Waals surface area contributed by atoms with Crippen molar-refractivity contribution < 1.29 is 35.7 Å². The molecule has 0 saturated carbocycles. The SMILES string of the molecule is CC[NH+](C)CC.CC[NH+](C)CC.Nc1ccc(-c2ccc(N)cc2S(=O)(=O)[O-])c(S(=O)(=O)[O-])c1. The molecule has 0 radical (unpaired) electrons. The Morgan fingerprint density at radius 2 is 0.912 bits per heavy atom. The second-order valence-corrected chi connectivity index (χ2v) is 10.4. The second-order valence-electron chi connectivity index (χ2n) is 7.75.